The summed E-state index contributed by atoms with van der Waals surface area (Å²) in [5.41, 5.74) is 7.97. The maximum atomic E-state index is 11.7. The molecule has 3 N–H and O–H groups in total. The van der Waals surface area contributed by atoms with Crippen molar-refractivity contribution < 1.29 is 8.42 Å². The molecule has 0 aromatic heterocycles. The summed E-state index contributed by atoms with van der Waals surface area (Å²) in [4.78, 5) is 4.20. The minimum absolute atomic E-state index is 0.243. The molecule has 0 spiro atoms. The van der Waals surface area contributed by atoms with Gasteiger partial charge in [-0.3, -0.25) is 4.99 Å². The third-order valence-corrected chi connectivity index (χ3v) is 5.62. The Morgan fingerprint density at radius 3 is 2.86 bits per heavy atom. The molecule has 1 aromatic carbocycles. The average Bonchev–Trinajstić information content (AvgIpc) is 2.78. The average molecular weight is 324 g/mol. The second-order valence-electron chi connectivity index (χ2n) is 5.74. The van der Waals surface area contributed by atoms with Crippen molar-refractivity contribution in [3.8, 4) is 0 Å². The molecule has 1 aliphatic rings. The van der Waals surface area contributed by atoms with Crippen LogP contribution < -0.4 is 11.1 Å². The first-order valence-corrected chi connectivity index (χ1v) is 9.14. The van der Waals surface area contributed by atoms with Gasteiger partial charge in [-0.15, -0.1) is 0 Å². The molecule has 0 unspecified atom stereocenters. The summed E-state index contributed by atoms with van der Waals surface area (Å²) in [5, 5.41) is 3.04. The van der Waals surface area contributed by atoms with E-state index < -0.39 is 10.0 Å². The fourth-order valence-electron chi connectivity index (χ4n) is 2.39. The second-order valence-corrected chi connectivity index (χ2v) is 7.83. The van der Waals surface area contributed by atoms with Gasteiger partial charge in [0.15, 0.2) is 5.96 Å². The lowest BCUT2D eigenvalue weighted by Gasteiger charge is -2.13. The van der Waals surface area contributed by atoms with Crippen LogP contribution in [0, 0.1) is 0 Å². The molecule has 7 heteroatoms. The number of guanidine groups is 1. The standard InChI is InChI=1S/C15H24N4O2S/c1-12(2)13-5-3-6-14(11-13)18-15(16)17-7-9-19-8-4-10-22(19,20)21/h3,5-6,11-12H,4,7-10H2,1-2H3,(H3,16,17,18). The van der Waals surface area contributed by atoms with Gasteiger partial charge in [-0.2, -0.15) is 0 Å². The summed E-state index contributed by atoms with van der Waals surface area (Å²) < 4.78 is 24.8. The summed E-state index contributed by atoms with van der Waals surface area (Å²) in [5.74, 6) is 0.990. The van der Waals surface area contributed by atoms with Crippen LogP contribution in [0.15, 0.2) is 29.3 Å². The van der Waals surface area contributed by atoms with E-state index in [0.29, 0.717) is 37.9 Å². The second kappa shape index (κ2) is 7.11. The number of aliphatic imine (C=N–C) groups is 1. The van der Waals surface area contributed by atoms with Crippen LogP contribution in [-0.4, -0.2) is 44.1 Å². The van der Waals surface area contributed by atoms with Gasteiger partial charge < -0.3 is 11.1 Å². The number of nitrogens with zero attached hydrogens (tertiary/aromatic N) is 2. The summed E-state index contributed by atoms with van der Waals surface area (Å²) in [6.07, 6.45) is 0.696. The van der Waals surface area contributed by atoms with E-state index in [1.807, 2.05) is 18.2 Å². The minimum Gasteiger partial charge on any atom is -0.370 e. The highest BCUT2D eigenvalue weighted by atomic mass is 32.2. The zero-order valence-electron chi connectivity index (χ0n) is 13.1. The summed E-state index contributed by atoms with van der Waals surface area (Å²) in [6, 6.07) is 8.01. The molecular weight excluding hydrogens is 300 g/mol. The van der Waals surface area contributed by atoms with Gasteiger partial charge in [-0.25, -0.2) is 12.7 Å². The van der Waals surface area contributed by atoms with E-state index in [1.54, 1.807) is 0 Å². The quantitative estimate of drug-likeness (QED) is 0.636. The van der Waals surface area contributed by atoms with Crippen LogP contribution in [0.25, 0.3) is 0 Å². The first kappa shape index (κ1) is 16.8. The SMILES string of the molecule is CC(C)c1cccc(NC(N)=NCCN2CCCS2(=O)=O)c1. The molecule has 1 saturated heterocycles. The molecule has 0 aliphatic carbocycles. The van der Waals surface area contributed by atoms with Gasteiger partial charge in [0.2, 0.25) is 10.0 Å². The molecule has 0 amide bonds. The van der Waals surface area contributed by atoms with Gasteiger partial charge >= 0.3 is 0 Å². The van der Waals surface area contributed by atoms with Crippen molar-refractivity contribution in [3.05, 3.63) is 29.8 Å². The molecule has 0 radical (unpaired) electrons. The number of anilines is 1. The third-order valence-electron chi connectivity index (χ3n) is 3.66. The maximum Gasteiger partial charge on any atom is 0.214 e. The molecule has 122 valence electrons. The van der Waals surface area contributed by atoms with Gasteiger partial charge in [0.1, 0.15) is 0 Å². The molecule has 1 fully saturated rings. The maximum absolute atomic E-state index is 11.7. The van der Waals surface area contributed by atoms with Crippen LogP contribution in [0.4, 0.5) is 5.69 Å². The number of nitrogens with two attached hydrogens (primary N) is 1. The van der Waals surface area contributed by atoms with Crippen molar-refractivity contribution in [3.63, 3.8) is 0 Å². The van der Waals surface area contributed by atoms with E-state index in [4.69, 9.17) is 5.73 Å². The van der Waals surface area contributed by atoms with Crippen LogP contribution in [0.5, 0.6) is 0 Å². The fraction of sp³-hybridized carbons (Fsp3) is 0.533. The monoisotopic (exact) mass is 324 g/mol. The lowest BCUT2D eigenvalue weighted by Crippen LogP contribution is -2.30. The molecule has 0 atom stereocenters. The first-order chi connectivity index (χ1) is 10.4. The Morgan fingerprint density at radius 1 is 1.45 bits per heavy atom. The Labute approximate surface area is 132 Å². The molecule has 2 rings (SSSR count). The Balaban J connectivity index is 1.89. The van der Waals surface area contributed by atoms with Gasteiger partial charge in [0.05, 0.1) is 12.3 Å². The van der Waals surface area contributed by atoms with E-state index in [0.717, 1.165) is 5.69 Å². The van der Waals surface area contributed by atoms with Crippen molar-refractivity contribution in [2.45, 2.75) is 26.2 Å². The Hall–Kier alpha value is -1.60. The van der Waals surface area contributed by atoms with Crippen LogP contribution in [-0.2, 0) is 10.0 Å². The summed E-state index contributed by atoms with van der Waals surface area (Å²) >= 11 is 0. The van der Waals surface area contributed by atoms with Crippen molar-refractivity contribution in [2.24, 2.45) is 10.7 Å². The largest absolute Gasteiger partial charge is 0.370 e. The van der Waals surface area contributed by atoms with Crippen molar-refractivity contribution in [1.82, 2.24) is 4.31 Å². The molecule has 6 nitrogen and oxygen atoms in total. The minimum atomic E-state index is -3.06. The van der Waals surface area contributed by atoms with Crippen molar-refractivity contribution >= 4 is 21.7 Å². The topological polar surface area (TPSA) is 87.8 Å². The molecular formula is C15H24N4O2S. The van der Waals surface area contributed by atoms with Crippen molar-refractivity contribution in [1.29, 1.82) is 0 Å². The van der Waals surface area contributed by atoms with Gasteiger partial charge in [-0.05, 0) is 30.0 Å². The molecule has 22 heavy (non-hydrogen) atoms. The van der Waals surface area contributed by atoms with Gasteiger partial charge in [-0.1, -0.05) is 26.0 Å². The predicted octanol–water partition coefficient (Wildman–Crippen LogP) is 1.57. The Bertz CT molecular complexity index is 641. The molecule has 1 aromatic rings. The molecule has 0 saturated carbocycles. The van der Waals surface area contributed by atoms with E-state index in [1.165, 1.54) is 9.87 Å². The fourth-order valence-corrected chi connectivity index (χ4v) is 3.91. The van der Waals surface area contributed by atoms with E-state index in [-0.39, 0.29) is 5.75 Å². The molecule has 0 bridgehead atoms. The first-order valence-electron chi connectivity index (χ1n) is 7.53. The Morgan fingerprint density at radius 2 is 2.23 bits per heavy atom. The number of hydrogen-bond donors (Lipinski definition) is 2. The summed E-state index contributed by atoms with van der Waals surface area (Å²) in [6.45, 7) is 5.60. The summed E-state index contributed by atoms with van der Waals surface area (Å²) in [7, 11) is -3.06. The third kappa shape index (κ3) is 4.45. The lowest BCUT2D eigenvalue weighted by atomic mass is 10.0. The van der Waals surface area contributed by atoms with E-state index in [9.17, 15) is 8.42 Å². The highest BCUT2D eigenvalue weighted by Crippen LogP contribution is 2.18. The number of benzene rings is 1. The van der Waals surface area contributed by atoms with Crippen molar-refractivity contribution in [2.75, 3.05) is 30.7 Å². The lowest BCUT2D eigenvalue weighted by molar-refractivity contribution is 0.452. The highest BCUT2D eigenvalue weighted by molar-refractivity contribution is 7.89. The zero-order valence-corrected chi connectivity index (χ0v) is 13.9. The number of hydrogen-bond acceptors (Lipinski definition) is 3. The van der Waals surface area contributed by atoms with Gasteiger partial charge in [0, 0.05) is 18.8 Å². The van der Waals surface area contributed by atoms with Crippen LogP contribution >= 0.6 is 0 Å². The number of nitrogens with one attached hydrogen (secondary N) is 1. The van der Waals surface area contributed by atoms with E-state index >= 15 is 0 Å². The number of rotatable bonds is 5. The van der Waals surface area contributed by atoms with Crippen LogP contribution in [0.1, 0.15) is 31.7 Å². The highest BCUT2D eigenvalue weighted by Gasteiger charge is 2.27. The normalized spacial score (nSPS) is 18.8. The molecule has 1 aliphatic heterocycles. The van der Waals surface area contributed by atoms with Crippen LogP contribution in [0.3, 0.4) is 0 Å². The molecule has 1 heterocycles. The van der Waals surface area contributed by atoms with Gasteiger partial charge in [0.25, 0.3) is 0 Å². The Kier molecular flexibility index (Phi) is 5.42. The van der Waals surface area contributed by atoms with E-state index in [2.05, 4.69) is 30.2 Å². The predicted molar refractivity (Wildman–Crippen MR) is 90.6 cm³/mol. The number of sulfonamides is 1. The zero-order chi connectivity index (χ0) is 16.2. The smallest absolute Gasteiger partial charge is 0.214 e. The van der Waals surface area contributed by atoms with Crippen LogP contribution in [0.2, 0.25) is 0 Å².